The van der Waals surface area contributed by atoms with Crippen molar-refractivity contribution in [3.8, 4) is 0 Å². The van der Waals surface area contributed by atoms with Crippen LogP contribution < -0.4 is 59.1 Å². The maximum atomic E-state index is 11.0. The molecule has 0 heterocycles. The van der Waals surface area contributed by atoms with Gasteiger partial charge in [0, 0.05) is 26.4 Å². The van der Waals surface area contributed by atoms with E-state index in [1.54, 1.807) is 0 Å². The first kappa shape index (κ1) is 47.1. The van der Waals surface area contributed by atoms with Gasteiger partial charge in [0.15, 0.2) is 0 Å². The minimum absolute atomic E-state index is 0. The van der Waals surface area contributed by atoms with E-state index in [0.29, 0.717) is 26.4 Å². The molecule has 0 amide bonds. The zero-order chi connectivity index (χ0) is 29.3. The summed E-state index contributed by atoms with van der Waals surface area (Å²) in [7, 11) is -8.11. The van der Waals surface area contributed by atoms with Gasteiger partial charge >= 0.3 is 59.1 Å². The zero-order valence-electron chi connectivity index (χ0n) is 28.4. The fraction of sp³-hybridized carbons (Fsp3) is 1.00. The second-order valence-corrected chi connectivity index (χ2v) is 13.7. The van der Waals surface area contributed by atoms with Crippen LogP contribution in [0.5, 0.6) is 0 Å². The summed E-state index contributed by atoms with van der Waals surface area (Å²) in [6, 6.07) is 0. The molecule has 0 spiro atoms. The van der Waals surface area contributed by atoms with Crippen molar-refractivity contribution in [3.63, 3.8) is 0 Å². The molecule has 0 aromatic rings. The Kier molecular flexibility index (Phi) is 34.8. The molecular weight excluding hydrogens is 594 g/mol. The van der Waals surface area contributed by atoms with E-state index in [4.69, 9.17) is 28.1 Å². The normalized spacial score (nSPS) is 12.2. The molecule has 0 aliphatic carbocycles. The summed E-state index contributed by atoms with van der Waals surface area (Å²) in [4.78, 5) is 0. The van der Waals surface area contributed by atoms with Crippen molar-refractivity contribution < 1.29 is 107 Å². The largest absolute Gasteiger partial charge is 1.00 e. The van der Waals surface area contributed by atoms with Crippen LogP contribution in [0.15, 0.2) is 0 Å². The van der Waals surface area contributed by atoms with Crippen LogP contribution in [0.2, 0.25) is 0 Å². The average Bonchev–Trinajstić information content (AvgIpc) is 2.85. The van der Waals surface area contributed by atoms with Crippen LogP contribution in [0.4, 0.5) is 0 Å². The van der Waals surface area contributed by atoms with E-state index in [-0.39, 0.29) is 113 Å². The molecule has 0 aromatic heterocycles. The number of rotatable bonds is 30. The van der Waals surface area contributed by atoms with Gasteiger partial charge in [-0.25, -0.2) is 0 Å². The van der Waals surface area contributed by atoms with Gasteiger partial charge in [-0.15, -0.1) is 0 Å². The quantitative estimate of drug-likeness (QED) is 0.0595. The van der Waals surface area contributed by atoms with Crippen LogP contribution in [0.1, 0.15) is 107 Å². The molecule has 0 saturated heterocycles. The monoisotopic (exact) mass is 652 g/mol. The Morgan fingerprint density at radius 2 is 0.756 bits per heavy atom. The van der Waals surface area contributed by atoms with Crippen LogP contribution in [-0.2, 0) is 39.2 Å². The minimum atomic E-state index is -4.05. The summed E-state index contributed by atoms with van der Waals surface area (Å²) in [5.74, 6) is -0.760. The molecule has 2 N–H and O–H groups in total. The second kappa shape index (κ2) is 30.3. The van der Waals surface area contributed by atoms with Crippen LogP contribution in [0, 0.1) is 5.41 Å². The summed E-state index contributed by atoms with van der Waals surface area (Å²) in [6.45, 7) is 6.86. The Labute approximate surface area is 298 Å². The number of hydrogen-bond acceptors (Lipinski definition) is 8. The molecule has 240 valence electrons. The average molecular weight is 653 g/mol. The first-order chi connectivity index (χ1) is 18.5. The zero-order valence-corrected chi connectivity index (χ0v) is 32.1. The molecule has 0 atom stereocenters. The van der Waals surface area contributed by atoms with E-state index < -0.39 is 25.7 Å². The summed E-state index contributed by atoms with van der Waals surface area (Å²) < 4.78 is 85.7. The smallest absolute Gasteiger partial charge is 1.00 e. The third kappa shape index (κ3) is 34.4. The fourth-order valence-corrected chi connectivity index (χ4v) is 5.03. The van der Waals surface area contributed by atoms with Crippen molar-refractivity contribution in [3.05, 3.63) is 0 Å². The van der Waals surface area contributed by atoms with Gasteiger partial charge in [0.25, 0.3) is 20.2 Å². The molecule has 0 saturated carbocycles. The van der Waals surface area contributed by atoms with Gasteiger partial charge in [0.1, 0.15) is 0 Å². The number of unbranched alkanes of at least 4 members (excludes halogenated alkanes) is 10. The molecule has 14 heteroatoms. The van der Waals surface area contributed by atoms with Crippen molar-refractivity contribution >= 4 is 20.2 Å². The standard InChI is InChI=1S/C27H56O10S2.2Na.2H/c1-3-5-7-9-11-13-17-34-23-27(25-36-19-15-21-38(28,29)30,26-37-20-16-22-39(31,32)33)24-35-18-14-12-10-8-6-4-2;;;;/h3-26H2,1-2H3,(H,28,29,30)(H,31,32,33);;;;/q;2*+1;2*-1. The summed E-state index contributed by atoms with van der Waals surface area (Å²) >= 11 is 0. The third-order valence-corrected chi connectivity index (χ3v) is 7.91. The summed E-state index contributed by atoms with van der Waals surface area (Å²) in [6.07, 6.45) is 14.1. The van der Waals surface area contributed by atoms with Gasteiger partial charge in [0.2, 0.25) is 0 Å². The van der Waals surface area contributed by atoms with E-state index >= 15 is 0 Å². The number of hydrogen-bond donors (Lipinski definition) is 2. The van der Waals surface area contributed by atoms with Gasteiger partial charge < -0.3 is 21.8 Å². The predicted octanol–water partition coefficient (Wildman–Crippen LogP) is -0.451. The first-order valence-corrected chi connectivity index (χ1v) is 18.0. The maximum Gasteiger partial charge on any atom is 1.00 e. The van der Waals surface area contributed by atoms with Gasteiger partial charge in [0.05, 0.1) is 43.3 Å². The van der Waals surface area contributed by atoms with Crippen molar-refractivity contribution in [2.75, 3.05) is 64.4 Å². The molecule has 0 aliphatic rings. The van der Waals surface area contributed by atoms with Crippen molar-refractivity contribution in [1.82, 2.24) is 0 Å². The SMILES string of the molecule is CCCCCCCCOCC(COCCCCCCCC)(COCCCS(=O)(=O)O)COCCCS(=O)(=O)O.[H-].[H-].[Na+].[Na+]. The van der Waals surface area contributed by atoms with Gasteiger partial charge in [-0.2, -0.15) is 16.8 Å². The molecule has 0 bridgehead atoms. The molecule has 0 radical (unpaired) electrons. The summed E-state index contributed by atoms with van der Waals surface area (Å²) in [5, 5.41) is 0. The van der Waals surface area contributed by atoms with Gasteiger partial charge in [-0.3, -0.25) is 9.11 Å². The van der Waals surface area contributed by atoms with E-state index in [0.717, 1.165) is 25.7 Å². The third-order valence-electron chi connectivity index (χ3n) is 6.30. The molecule has 0 aliphatic heterocycles. The van der Waals surface area contributed by atoms with E-state index in [2.05, 4.69) is 13.8 Å². The minimum Gasteiger partial charge on any atom is -1.00 e. The Bertz CT molecular complexity index is 716. The van der Waals surface area contributed by atoms with Crippen LogP contribution in [0.25, 0.3) is 0 Å². The molecule has 0 aromatic carbocycles. The van der Waals surface area contributed by atoms with Gasteiger partial charge in [-0.05, 0) is 25.7 Å². The molecule has 0 unspecified atom stereocenters. The molecular formula is C27H58Na2O10S2. The topological polar surface area (TPSA) is 146 Å². The molecule has 0 fully saturated rings. The van der Waals surface area contributed by atoms with Crippen LogP contribution in [-0.4, -0.2) is 90.3 Å². The van der Waals surface area contributed by atoms with Crippen molar-refractivity contribution in [2.45, 2.75) is 104 Å². The van der Waals surface area contributed by atoms with Crippen LogP contribution in [0.3, 0.4) is 0 Å². The van der Waals surface area contributed by atoms with Crippen LogP contribution >= 0.6 is 0 Å². The molecule has 10 nitrogen and oxygen atoms in total. The van der Waals surface area contributed by atoms with Crippen molar-refractivity contribution in [2.24, 2.45) is 5.41 Å². The van der Waals surface area contributed by atoms with E-state index in [1.165, 1.54) is 51.4 Å². The Balaban J connectivity index is -0.00000120. The second-order valence-electron chi connectivity index (χ2n) is 10.5. The first-order valence-electron chi connectivity index (χ1n) is 14.7. The molecule has 0 rings (SSSR count). The Morgan fingerprint density at radius 1 is 0.488 bits per heavy atom. The fourth-order valence-electron chi connectivity index (χ4n) is 4.06. The van der Waals surface area contributed by atoms with Gasteiger partial charge in [-0.1, -0.05) is 78.1 Å². The Hall–Kier alpha value is 1.66. The predicted molar refractivity (Wildman–Crippen MR) is 157 cm³/mol. The Morgan fingerprint density at radius 3 is 1.05 bits per heavy atom. The van der Waals surface area contributed by atoms with E-state index in [9.17, 15) is 16.8 Å². The molecule has 41 heavy (non-hydrogen) atoms. The summed E-state index contributed by atoms with van der Waals surface area (Å²) in [5.41, 5.74) is -0.666. The number of ether oxygens (including phenoxy) is 4. The van der Waals surface area contributed by atoms with Crippen molar-refractivity contribution in [1.29, 1.82) is 0 Å². The maximum absolute atomic E-state index is 11.0. The van der Waals surface area contributed by atoms with E-state index in [1.807, 2.05) is 0 Å².